The molecule has 5 nitrogen and oxygen atoms in total. The van der Waals surface area contributed by atoms with E-state index in [0.717, 1.165) is 30.8 Å². The predicted octanol–water partition coefficient (Wildman–Crippen LogP) is 8.91. The van der Waals surface area contributed by atoms with Crippen molar-refractivity contribution >= 4 is 11.5 Å². The summed E-state index contributed by atoms with van der Waals surface area (Å²) in [5, 5.41) is 15.3. The number of rotatable bonds is 7. The van der Waals surface area contributed by atoms with Crippen LogP contribution in [-0.4, -0.2) is 24.1 Å². The summed E-state index contributed by atoms with van der Waals surface area (Å²) in [5.41, 5.74) is 8.45. The Hall–Kier alpha value is -3.80. The number of hydrogen-bond acceptors (Lipinski definition) is 5. The van der Waals surface area contributed by atoms with Crippen molar-refractivity contribution in [1.82, 2.24) is 10.3 Å². The Morgan fingerprint density at radius 1 is 0.900 bits per heavy atom. The first-order valence-corrected chi connectivity index (χ1v) is 14.4. The highest BCUT2D eigenvalue weighted by atomic mass is 14.9. The van der Waals surface area contributed by atoms with Crippen LogP contribution in [0.4, 0.5) is 11.5 Å². The highest BCUT2D eigenvalue weighted by Crippen LogP contribution is 2.15. The number of terminal acetylenes is 1. The molecule has 0 aliphatic heterocycles. The standard InChI is InChI=1S/C14H20N2.C7H11N3.C6H6.C3H8.C3H4.C2H6/c1-4-12(3)16-10-11(2)14-7-5-13(9-15)6-8-14;1-2-9-6-4-3-5-10-7(6)8;1-2-4-6-5-3-1;2*1-3-2;1-2/h5-8,11-12,16H,4,10H2,1-3H3;3-5,9H,2H2,1H3,(H2,8,10);1-6H;3H2,1-2H3;1H,2H3;1-2H3. The van der Waals surface area contributed by atoms with E-state index < -0.39 is 0 Å². The lowest BCUT2D eigenvalue weighted by Crippen LogP contribution is -2.28. The molecule has 1 heterocycles. The van der Waals surface area contributed by atoms with Crippen molar-refractivity contribution in [3.05, 3.63) is 90.1 Å². The van der Waals surface area contributed by atoms with Gasteiger partial charge in [0, 0.05) is 25.3 Å². The normalized spacial score (nSPS) is 9.97. The minimum atomic E-state index is 0.488. The van der Waals surface area contributed by atoms with Gasteiger partial charge in [0.05, 0.1) is 17.3 Å². The van der Waals surface area contributed by atoms with E-state index in [1.807, 2.05) is 93.6 Å². The molecule has 40 heavy (non-hydrogen) atoms. The second kappa shape index (κ2) is 31.4. The van der Waals surface area contributed by atoms with Crippen molar-refractivity contribution in [1.29, 1.82) is 5.26 Å². The van der Waals surface area contributed by atoms with Crippen LogP contribution < -0.4 is 16.4 Å². The topological polar surface area (TPSA) is 86.8 Å². The third-order valence-corrected chi connectivity index (χ3v) is 4.87. The molecule has 0 radical (unpaired) electrons. The van der Waals surface area contributed by atoms with E-state index in [1.54, 1.807) is 13.1 Å². The molecule has 2 unspecified atom stereocenters. The van der Waals surface area contributed by atoms with E-state index in [0.29, 0.717) is 17.8 Å². The molecule has 0 aliphatic carbocycles. The molecule has 0 saturated heterocycles. The zero-order valence-corrected chi connectivity index (χ0v) is 26.5. The van der Waals surface area contributed by atoms with Crippen molar-refractivity contribution in [2.24, 2.45) is 0 Å². The molecule has 0 spiro atoms. The molecule has 0 aliphatic rings. The van der Waals surface area contributed by atoms with Crippen molar-refractivity contribution in [2.75, 3.05) is 24.1 Å². The molecule has 4 N–H and O–H groups in total. The Balaban J connectivity index is -0.000000485. The minimum absolute atomic E-state index is 0.488. The first-order chi connectivity index (χ1) is 19.3. The van der Waals surface area contributed by atoms with Crippen LogP contribution in [0, 0.1) is 23.7 Å². The summed E-state index contributed by atoms with van der Waals surface area (Å²) >= 11 is 0. The smallest absolute Gasteiger partial charge is 0.146 e. The van der Waals surface area contributed by atoms with Crippen LogP contribution in [0.15, 0.2) is 79.0 Å². The quantitative estimate of drug-likeness (QED) is 0.258. The lowest BCUT2D eigenvalue weighted by molar-refractivity contribution is 0.508. The van der Waals surface area contributed by atoms with Gasteiger partial charge in [-0.25, -0.2) is 4.98 Å². The Morgan fingerprint density at radius 2 is 1.38 bits per heavy atom. The maximum Gasteiger partial charge on any atom is 0.146 e. The van der Waals surface area contributed by atoms with Gasteiger partial charge < -0.3 is 16.4 Å². The zero-order valence-electron chi connectivity index (χ0n) is 26.5. The molecular weight excluding hydrogens is 490 g/mol. The number of aromatic nitrogens is 1. The molecule has 0 saturated carbocycles. The number of nitrogen functional groups attached to an aromatic ring is 1. The first-order valence-electron chi connectivity index (χ1n) is 14.4. The van der Waals surface area contributed by atoms with Gasteiger partial charge in [-0.05, 0) is 62.9 Å². The average Bonchev–Trinajstić information content (AvgIpc) is 3.00. The van der Waals surface area contributed by atoms with Gasteiger partial charge in [-0.2, -0.15) is 5.26 Å². The van der Waals surface area contributed by atoms with Crippen molar-refractivity contribution in [3.63, 3.8) is 0 Å². The second-order valence-electron chi connectivity index (χ2n) is 8.47. The molecule has 0 fully saturated rings. The number of anilines is 2. The lowest BCUT2D eigenvalue weighted by Gasteiger charge is -2.16. The molecular formula is C35H55N5. The molecule has 0 amide bonds. The number of nitrogens with zero attached hydrogens (tertiary/aromatic N) is 2. The average molecular weight is 546 g/mol. The van der Waals surface area contributed by atoms with E-state index in [2.05, 4.69) is 68.6 Å². The van der Waals surface area contributed by atoms with E-state index in [4.69, 9.17) is 11.0 Å². The highest BCUT2D eigenvalue weighted by molar-refractivity contribution is 5.60. The third kappa shape index (κ3) is 24.5. The number of pyridine rings is 1. The summed E-state index contributed by atoms with van der Waals surface area (Å²) in [4.78, 5) is 3.91. The van der Waals surface area contributed by atoms with Crippen LogP contribution in [0.2, 0.25) is 0 Å². The van der Waals surface area contributed by atoms with E-state index in [1.165, 1.54) is 12.0 Å². The monoisotopic (exact) mass is 545 g/mol. The molecule has 220 valence electrons. The van der Waals surface area contributed by atoms with Gasteiger partial charge >= 0.3 is 0 Å². The highest BCUT2D eigenvalue weighted by Gasteiger charge is 2.06. The van der Waals surface area contributed by atoms with Crippen molar-refractivity contribution in [2.45, 2.75) is 87.1 Å². The number of nitrogens with one attached hydrogen (secondary N) is 2. The molecule has 5 heteroatoms. The van der Waals surface area contributed by atoms with Crippen LogP contribution >= 0.6 is 0 Å². The molecule has 3 rings (SSSR count). The van der Waals surface area contributed by atoms with E-state index in [9.17, 15) is 0 Å². The van der Waals surface area contributed by atoms with Gasteiger partial charge in [0.1, 0.15) is 5.82 Å². The molecule has 3 aromatic rings. The number of nitrogens with two attached hydrogens (primary N) is 1. The third-order valence-electron chi connectivity index (χ3n) is 4.87. The fourth-order valence-electron chi connectivity index (χ4n) is 2.67. The second-order valence-corrected chi connectivity index (χ2v) is 8.47. The largest absolute Gasteiger partial charge is 0.382 e. The van der Waals surface area contributed by atoms with E-state index in [-0.39, 0.29) is 0 Å². The van der Waals surface area contributed by atoms with Gasteiger partial charge in [-0.3, -0.25) is 0 Å². The summed E-state index contributed by atoms with van der Waals surface area (Å²) < 4.78 is 0. The van der Waals surface area contributed by atoms with Crippen LogP contribution in [0.1, 0.15) is 92.2 Å². The lowest BCUT2D eigenvalue weighted by atomic mass is 9.99. The van der Waals surface area contributed by atoms with Crippen LogP contribution in [-0.2, 0) is 0 Å². The summed E-state index contributed by atoms with van der Waals surface area (Å²) in [6.45, 7) is 20.4. The summed E-state index contributed by atoms with van der Waals surface area (Å²) in [6.07, 6.45) is 8.68. The molecule has 1 aromatic heterocycles. The number of hydrogen-bond donors (Lipinski definition) is 3. The van der Waals surface area contributed by atoms with Gasteiger partial charge in [-0.1, -0.05) is 96.5 Å². The minimum Gasteiger partial charge on any atom is -0.382 e. The zero-order chi connectivity index (χ0) is 31.0. The maximum atomic E-state index is 8.71. The first kappa shape index (κ1) is 40.7. The fraction of sp³-hybridized carbons (Fsp3) is 0.429. The van der Waals surface area contributed by atoms with Gasteiger partial charge in [-0.15, -0.1) is 12.3 Å². The Kier molecular flexibility index (Phi) is 32.0. The Labute approximate surface area is 246 Å². The number of nitriles is 1. The van der Waals surface area contributed by atoms with Gasteiger partial charge in [0.15, 0.2) is 0 Å². The maximum absolute atomic E-state index is 8.71. The van der Waals surface area contributed by atoms with Crippen LogP contribution in [0.25, 0.3) is 0 Å². The molecule has 2 atom stereocenters. The van der Waals surface area contributed by atoms with Crippen molar-refractivity contribution < 1.29 is 0 Å². The van der Waals surface area contributed by atoms with Crippen molar-refractivity contribution in [3.8, 4) is 18.4 Å². The van der Waals surface area contributed by atoms with Gasteiger partial charge in [0.2, 0.25) is 0 Å². The summed E-state index contributed by atoms with van der Waals surface area (Å²) in [5.74, 6) is 3.30. The molecule has 0 bridgehead atoms. The van der Waals surface area contributed by atoms with Crippen LogP contribution in [0.3, 0.4) is 0 Å². The van der Waals surface area contributed by atoms with Gasteiger partial charge in [0.25, 0.3) is 0 Å². The predicted molar refractivity (Wildman–Crippen MR) is 178 cm³/mol. The Bertz CT molecular complexity index is 962. The molecule has 2 aromatic carbocycles. The van der Waals surface area contributed by atoms with Crippen LogP contribution in [0.5, 0.6) is 0 Å². The number of benzene rings is 2. The summed E-state index contributed by atoms with van der Waals surface area (Å²) in [7, 11) is 0. The SMILES string of the molecule is C#CC.CC.CCC.CCC(C)NCC(C)c1ccc(C#N)cc1.CCNc1cccnc1N.c1ccccc1. The summed E-state index contributed by atoms with van der Waals surface area (Å²) in [6, 6.07) is 26.3. The Morgan fingerprint density at radius 3 is 1.75 bits per heavy atom. The fourth-order valence-corrected chi connectivity index (χ4v) is 2.67. The van der Waals surface area contributed by atoms with E-state index >= 15 is 0 Å².